The number of aromatic nitrogens is 8. The molecule has 4 aromatic heterocycles. The summed E-state index contributed by atoms with van der Waals surface area (Å²) in [4.78, 5) is 52.0. The van der Waals surface area contributed by atoms with E-state index in [0.29, 0.717) is 39.1 Å². The summed E-state index contributed by atoms with van der Waals surface area (Å²) in [6, 6.07) is -0.00636. The van der Waals surface area contributed by atoms with Crippen molar-refractivity contribution >= 4 is 11.9 Å². The summed E-state index contributed by atoms with van der Waals surface area (Å²) in [5, 5.41) is 0. The number of hydrogen-bond donors (Lipinski definition) is 0. The van der Waals surface area contributed by atoms with Gasteiger partial charge in [-0.3, -0.25) is 19.4 Å². The molecular weight excluding hydrogens is 903 g/mol. The maximum Gasteiger partial charge on any atom is 2.00 e. The second-order valence-electron chi connectivity index (χ2n) is 15.3. The zero-order valence-corrected chi connectivity index (χ0v) is 38.2. The second-order valence-corrected chi connectivity index (χ2v) is 15.3. The number of nitrogens with zero attached hydrogens (tertiary/aromatic N) is 12. The first kappa shape index (κ1) is 52.3. The van der Waals surface area contributed by atoms with Crippen LogP contribution in [0.5, 0.6) is 0 Å². The monoisotopic (exact) mass is 965 g/mol. The van der Waals surface area contributed by atoms with Gasteiger partial charge in [-0.25, -0.2) is 19.9 Å². The molecule has 16 nitrogen and oxygen atoms in total. The fraction of sp³-hybridized carbons (Fsp3) is 0.650. The van der Waals surface area contributed by atoms with Gasteiger partial charge >= 0.3 is 63.1 Å². The predicted octanol–water partition coefficient (Wildman–Crippen LogP) is 2.44. The van der Waals surface area contributed by atoms with Crippen molar-refractivity contribution in [2.24, 2.45) is 28.2 Å². The van der Waals surface area contributed by atoms with Crippen LogP contribution in [-0.2, 0) is 124 Å². The van der Waals surface area contributed by atoms with Gasteiger partial charge in [0.25, 0.3) is 0 Å². The first-order valence-corrected chi connectivity index (χ1v) is 20.1. The van der Waals surface area contributed by atoms with Crippen molar-refractivity contribution in [1.82, 2.24) is 57.8 Å². The second kappa shape index (κ2) is 27.2. The van der Waals surface area contributed by atoms with Crippen LogP contribution in [0.4, 0.5) is 0 Å². The molecule has 2 atom stereocenters. The molecule has 0 bridgehead atoms. The third-order valence-electron chi connectivity index (χ3n) is 10.7. The molecule has 0 saturated carbocycles. The number of esters is 2. The molecule has 5 heterocycles. The molecule has 0 N–H and O–H groups in total. The number of piperazine rings is 1. The molecule has 0 unspecified atom stereocenters. The van der Waals surface area contributed by atoms with E-state index >= 15 is 0 Å². The molecule has 4 aromatic rings. The molecule has 0 aromatic carbocycles. The van der Waals surface area contributed by atoms with Crippen molar-refractivity contribution in [3.63, 3.8) is 0 Å². The van der Waals surface area contributed by atoms with Crippen LogP contribution in [0, 0.1) is 0 Å². The fourth-order valence-corrected chi connectivity index (χ4v) is 7.42. The zero-order valence-electron chi connectivity index (χ0n) is 35.4. The molecule has 1 aliphatic rings. The van der Waals surface area contributed by atoms with Gasteiger partial charge in [0.05, 0.1) is 37.1 Å². The van der Waals surface area contributed by atoms with Gasteiger partial charge in [0, 0.05) is 130 Å². The Bertz CT molecular complexity index is 1650. The third kappa shape index (κ3) is 18.0. The van der Waals surface area contributed by atoms with E-state index in [9.17, 15) is 9.59 Å². The number of carbonyl (C=O) groups is 2. The number of aryl methyl sites for hydroxylation is 4. The number of ether oxygens (including phenoxy) is 2. The van der Waals surface area contributed by atoms with Crippen molar-refractivity contribution in [3.05, 3.63) is 72.9 Å². The molecule has 19 heteroatoms. The minimum absolute atomic E-state index is 0. The molecule has 335 valence electrons. The Morgan fingerprint density at radius 3 is 1.32 bits per heavy atom. The molecule has 0 spiro atoms. The topological polar surface area (TPSA) is 137 Å². The van der Waals surface area contributed by atoms with Crippen molar-refractivity contribution in [2.45, 2.75) is 77.5 Å². The molecule has 1 fully saturated rings. The van der Waals surface area contributed by atoms with Crippen LogP contribution in [-0.4, -0.2) is 147 Å². The van der Waals surface area contributed by atoms with Crippen molar-refractivity contribution in [1.29, 1.82) is 0 Å². The van der Waals surface area contributed by atoms with E-state index in [0.717, 1.165) is 101 Å². The van der Waals surface area contributed by atoms with Crippen LogP contribution in [0.2, 0.25) is 0 Å². The van der Waals surface area contributed by atoms with Crippen LogP contribution in [0.3, 0.4) is 0 Å². The Labute approximate surface area is 382 Å². The van der Waals surface area contributed by atoms with Crippen molar-refractivity contribution < 1.29 is 70.3 Å². The minimum atomic E-state index is -0.267. The quantitative estimate of drug-likeness (QED) is 0.0580. The number of unbranched alkanes of at least 4 members (excludes halogenated alkanes) is 2. The number of carbonyl (C=O) groups excluding carboxylic acids is 2. The minimum Gasteiger partial charge on any atom is -0.464 e. The maximum atomic E-state index is 11.8. The first-order chi connectivity index (χ1) is 27.0. The van der Waals surface area contributed by atoms with Crippen LogP contribution < -0.4 is 0 Å². The molecule has 5 rings (SSSR count). The third-order valence-corrected chi connectivity index (χ3v) is 10.7. The first-order valence-electron chi connectivity index (χ1n) is 20.1. The van der Waals surface area contributed by atoms with Crippen molar-refractivity contribution in [2.75, 3.05) is 65.6 Å². The van der Waals surface area contributed by atoms with Gasteiger partial charge in [-0.05, 0) is 51.9 Å². The summed E-state index contributed by atoms with van der Waals surface area (Å²) < 4.78 is 19.2. The molecule has 0 aliphatic carbocycles. The van der Waals surface area contributed by atoms with Gasteiger partial charge in [0.2, 0.25) is 0 Å². The van der Waals surface area contributed by atoms with Gasteiger partial charge in [-0.15, -0.1) is 0 Å². The van der Waals surface area contributed by atoms with Gasteiger partial charge in [-0.2, -0.15) is 0 Å². The summed E-state index contributed by atoms with van der Waals surface area (Å²) in [6.07, 6.45) is 21.0. The van der Waals surface area contributed by atoms with E-state index in [-0.39, 0.29) is 75.2 Å². The summed E-state index contributed by atoms with van der Waals surface area (Å²) >= 11 is 0. The number of imidazole rings is 4. The van der Waals surface area contributed by atoms with Crippen LogP contribution in [0.1, 0.15) is 62.6 Å². The van der Waals surface area contributed by atoms with Crippen molar-refractivity contribution in [3.8, 4) is 0 Å². The summed E-state index contributed by atoms with van der Waals surface area (Å²) in [5.74, 6) is 1.44. The summed E-state index contributed by atoms with van der Waals surface area (Å²) in [6.45, 7) is 13.1. The summed E-state index contributed by atoms with van der Waals surface area (Å²) in [7, 11) is 7.99. The smallest absolute Gasteiger partial charge is 0.464 e. The Morgan fingerprint density at radius 2 is 1.02 bits per heavy atom. The Kier molecular flexibility index (Phi) is 24.1. The van der Waals surface area contributed by atoms with E-state index < -0.39 is 0 Å². The molecule has 59 heavy (non-hydrogen) atoms. The van der Waals surface area contributed by atoms with Gasteiger partial charge in [0.1, 0.15) is 24.9 Å². The number of hydrogen-bond acceptors (Lipinski definition) is 12. The fourth-order valence-electron chi connectivity index (χ4n) is 7.42. The molecule has 1 saturated heterocycles. The largest absolute Gasteiger partial charge is 2.00 e. The average molecular weight is 968 g/mol. The molecule has 1 aliphatic heterocycles. The summed E-state index contributed by atoms with van der Waals surface area (Å²) in [5.41, 5.74) is 1.97. The zero-order chi connectivity index (χ0) is 39.9. The predicted molar refractivity (Wildman–Crippen MR) is 213 cm³/mol. The average Bonchev–Trinajstić information content (AvgIpc) is 3.98. The normalized spacial score (nSPS) is 14.4. The Balaban J connectivity index is 0.00000400. The van der Waals surface area contributed by atoms with Gasteiger partial charge < -0.3 is 37.5 Å². The van der Waals surface area contributed by atoms with Gasteiger partial charge in [-0.1, -0.05) is 0 Å². The van der Waals surface area contributed by atoms with Crippen LogP contribution in [0.15, 0.2) is 49.8 Å². The van der Waals surface area contributed by atoms with E-state index in [4.69, 9.17) is 9.47 Å². The van der Waals surface area contributed by atoms with E-state index in [1.165, 1.54) is 13.8 Å². The molecular formula is C40H64Cu3N12O4+6. The Hall–Kier alpha value is -2.82. The van der Waals surface area contributed by atoms with Crippen LogP contribution >= 0.6 is 0 Å². The maximum absolute atomic E-state index is 11.8. The molecule has 3 radical (unpaired) electrons. The van der Waals surface area contributed by atoms with Gasteiger partial charge in [0.15, 0.2) is 0 Å². The van der Waals surface area contributed by atoms with E-state index in [1.54, 1.807) is 0 Å². The SMILES string of the molecule is CC(=O)OC[C@H](Cc1cn(C)cn1)N(CCCCN1CCN(CCCCN(Cc2nccn2C)[C@H](COC(C)=O)Cc2cn(C)cn2)CC1)Cc1nccn1C.[Cu+2].[Cu+2].[Cu+2]. The standard InChI is InChI=1S/C40H64N12O4.3Cu/c1-33(53)55-29-37(23-35-25-45(3)31-43-35)51(27-39-41-11-17-47(39)5)15-9-7-13-49-19-21-50(22-20-49)14-8-10-16-52(28-40-42-12-18-48(40)6)38(30-56-34(2)54)24-36-26-46(4)32-44-36;;;/h11-12,17-18,25-26,31-32,37-38H,7-10,13-16,19-24,27-30H2,1-6H3;;;/q;3*+2/t37-,38-;;;/m0.../s1. The van der Waals surface area contributed by atoms with E-state index in [2.05, 4.69) is 48.7 Å². The van der Waals surface area contributed by atoms with E-state index in [1.807, 2.05) is 87.2 Å². The Morgan fingerprint density at radius 1 is 0.627 bits per heavy atom. The van der Waals surface area contributed by atoms with Crippen LogP contribution in [0.25, 0.3) is 0 Å². The molecule has 0 amide bonds. The number of rotatable bonds is 24.